The van der Waals surface area contributed by atoms with E-state index in [9.17, 15) is 0 Å². The molecule has 0 saturated carbocycles. The Morgan fingerprint density at radius 1 is 1.67 bits per heavy atom. The molecule has 54 valence electrons. The van der Waals surface area contributed by atoms with Gasteiger partial charge in [-0.25, -0.2) is 0 Å². The van der Waals surface area contributed by atoms with Gasteiger partial charge in [-0.1, -0.05) is 0 Å². The molecule has 0 aromatic heterocycles. The van der Waals surface area contributed by atoms with Crippen molar-refractivity contribution < 1.29 is 9.84 Å². The SMILES string of the molecule is CC(C)N1CCOC1O. The van der Waals surface area contributed by atoms with Crippen molar-refractivity contribution in [3.63, 3.8) is 0 Å². The summed E-state index contributed by atoms with van der Waals surface area (Å²) in [5, 5.41) is 9.06. The van der Waals surface area contributed by atoms with E-state index in [0.29, 0.717) is 12.6 Å². The zero-order chi connectivity index (χ0) is 6.85. The van der Waals surface area contributed by atoms with E-state index in [1.807, 2.05) is 18.7 Å². The largest absolute Gasteiger partial charge is 0.356 e. The fourth-order valence-corrected chi connectivity index (χ4v) is 0.983. The highest BCUT2D eigenvalue weighted by Gasteiger charge is 2.24. The molecule has 0 aromatic rings. The van der Waals surface area contributed by atoms with Crippen LogP contribution in [0.25, 0.3) is 0 Å². The molecule has 0 aliphatic carbocycles. The molecule has 1 aliphatic rings. The first-order valence-electron chi connectivity index (χ1n) is 3.27. The summed E-state index contributed by atoms with van der Waals surface area (Å²) in [7, 11) is 0. The molecule has 1 atom stereocenters. The van der Waals surface area contributed by atoms with Crippen molar-refractivity contribution in [2.24, 2.45) is 0 Å². The zero-order valence-electron chi connectivity index (χ0n) is 5.87. The number of aliphatic hydroxyl groups excluding tert-OH is 1. The molecule has 3 heteroatoms. The van der Waals surface area contributed by atoms with E-state index in [1.165, 1.54) is 0 Å². The summed E-state index contributed by atoms with van der Waals surface area (Å²) in [4.78, 5) is 1.90. The Hall–Kier alpha value is -0.120. The van der Waals surface area contributed by atoms with Crippen LogP contribution < -0.4 is 0 Å². The van der Waals surface area contributed by atoms with Gasteiger partial charge in [0.15, 0.2) is 0 Å². The Bertz CT molecular complexity index is 95.1. The van der Waals surface area contributed by atoms with Crippen molar-refractivity contribution >= 4 is 0 Å². The lowest BCUT2D eigenvalue weighted by Gasteiger charge is -2.21. The second kappa shape index (κ2) is 2.64. The number of aliphatic hydroxyl groups is 1. The van der Waals surface area contributed by atoms with Crippen molar-refractivity contribution in [3.05, 3.63) is 0 Å². The smallest absolute Gasteiger partial charge is 0.216 e. The number of hydrogen-bond acceptors (Lipinski definition) is 3. The molecule has 0 spiro atoms. The maximum atomic E-state index is 9.06. The van der Waals surface area contributed by atoms with E-state index < -0.39 is 6.41 Å². The van der Waals surface area contributed by atoms with Crippen molar-refractivity contribution in [2.75, 3.05) is 13.2 Å². The summed E-state index contributed by atoms with van der Waals surface area (Å²) in [6.07, 6.45) is -0.662. The van der Waals surface area contributed by atoms with E-state index in [4.69, 9.17) is 9.84 Å². The van der Waals surface area contributed by atoms with Crippen LogP contribution in [0.1, 0.15) is 13.8 Å². The first-order valence-corrected chi connectivity index (χ1v) is 3.27. The Kier molecular flexibility index (Phi) is 2.05. The molecule has 0 amide bonds. The molecule has 1 aliphatic heterocycles. The molecular formula is C6H13NO2. The lowest BCUT2D eigenvalue weighted by molar-refractivity contribution is -0.141. The average molecular weight is 131 g/mol. The Labute approximate surface area is 55.2 Å². The van der Waals surface area contributed by atoms with Gasteiger partial charge in [0, 0.05) is 12.6 Å². The van der Waals surface area contributed by atoms with Gasteiger partial charge in [0.05, 0.1) is 6.61 Å². The maximum absolute atomic E-state index is 9.06. The fourth-order valence-electron chi connectivity index (χ4n) is 0.983. The van der Waals surface area contributed by atoms with E-state index in [-0.39, 0.29) is 0 Å². The van der Waals surface area contributed by atoms with Gasteiger partial charge in [-0.2, -0.15) is 0 Å². The monoisotopic (exact) mass is 131 g/mol. The van der Waals surface area contributed by atoms with Gasteiger partial charge in [0.2, 0.25) is 6.41 Å². The lowest BCUT2D eigenvalue weighted by atomic mass is 10.3. The molecule has 1 N–H and O–H groups in total. The van der Waals surface area contributed by atoms with Crippen molar-refractivity contribution in [1.82, 2.24) is 4.90 Å². The summed E-state index contributed by atoms with van der Waals surface area (Å²) in [6, 6.07) is 0.377. The van der Waals surface area contributed by atoms with E-state index >= 15 is 0 Å². The van der Waals surface area contributed by atoms with E-state index in [0.717, 1.165) is 6.54 Å². The minimum absolute atomic E-state index is 0.377. The van der Waals surface area contributed by atoms with Crippen molar-refractivity contribution in [3.8, 4) is 0 Å². The molecule has 0 radical (unpaired) electrons. The maximum Gasteiger partial charge on any atom is 0.216 e. The predicted molar refractivity (Wildman–Crippen MR) is 33.8 cm³/mol. The predicted octanol–water partition coefficient (Wildman–Crippen LogP) is 0.00290. The molecule has 0 aromatic carbocycles. The van der Waals surface area contributed by atoms with Gasteiger partial charge in [0.1, 0.15) is 0 Å². The van der Waals surface area contributed by atoms with Gasteiger partial charge >= 0.3 is 0 Å². The molecule has 1 unspecified atom stereocenters. The van der Waals surface area contributed by atoms with E-state index in [2.05, 4.69) is 0 Å². The molecule has 1 rings (SSSR count). The van der Waals surface area contributed by atoms with Gasteiger partial charge in [0.25, 0.3) is 0 Å². The molecular weight excluding hydrogens is 118 g/mol. The first-order chi connectivity index (χ1) is 4.22. The quantitative estimate of drug-likeness (QED) is 0.544. The highest BCUT2D eigenvalue weighted by atomic mass is 16.6. The summed E-state index contributed by atoms with van der Waals surface area (Å²) in [6.45, 7) is 5.58. The van der Waals surface area contributed by atoms with Gasteiger partial charge < -0.3 is 9.84 Å². The summed E-state index contributed by atoms with van der Waals surface area (Å²) in [5.41, 5.74) is 0. The van der Waals surface area contributed by atoms with Gasteiger partial charge in [-0.15, -0.1) is 0 Å². The molecule has 0 bridgehead atoms. The van der Waals surface area contributed by atoms with Crippen LogP contribution in [-0.4, -0.2) is 35.6 Å². The fraction of sp³-hybridized carbons (Fsp3) is 1.00. The summed E-state index contributed by atoms with van der Waals surface area (Å²) < 4.78 is 4.91. The van der Waals surface area contributed by atoms with Crippen molar-refractivity contribution in [1.29, 1.82) is 0 Å². The Morgan fingerprint density at radius 3 is 2.56 bits per heavy atom. The van der Waals surface area contributed by atoms with Crippen LogP contribution in [-0.2, 0) is 4.74 Å². The third-order valence-corrected chi connectivity index (χ3v) is 1.56. The number of rotatable bonds is 1. The van der Waals surface area contributed by atoms with Crippen LogP contribution in [0.15, 0.2) is 0 Å². The molecule has 1 saturated heterocycles. The van der Waals surface area contributed by atoms with Crippen LogP contribution in [0.2, 0.25) is 0 Å². The van der Waals surface area contributed by atoms with Crippen molar-refractivity contribution in [2.45, 2.75) is 26.3 Å². The van der Waals surface area contributed by atoms with Gasteiger partial charge in [-0.3, -0.25) is 4.90 Å². The second-order valence-electron chi connectivity index (χ2n) is 2.53. The zero-order valence-corrected chi connectivity index (χ0v) is 5.87. The second-order valence-corrected chi connectivity index (χ2v) is 2.53. The van der Waals surface area contributed by atoms with Crippen LogP contribution in [0, 0.1) is 0 Å². The minimum Gasteiger partial charge on any atom is -0.356 e. The van der Waals surface area contributed by atoms with Crippen LogP contribution in [0.5, 0.6) is 0 Å². The standard InChI is InChI=1S/C6H13NO2/c1-5(2)7-3-4-9-6(7)8/h5-6,8H,3-4H2,1-2H3. The minimum atomic E-state index is -0.662. The average Bonchev–Trinajstić information content (AvgIpc) is 2.13. The Balaban J connectivity index is 2.40. The summed E-state index contributed by atoms with van der Waals surface area (Å²) >= 11 is 0. The summed E-state index contributed by atoms with van der Waals surface area (Å²) in [5.74, 6) is 0. The molecule has 3 nitrogen and oxygen atoms in total. The molecule has 1 fully saturated rings. The third kappa shape index (κ3) is 1.41. The lowest BCUT2D eigenvalue weighted by Crippen LogP contribution is -2.35. The highest BCUT2D eigenvalue weighted by molar-refractivity contribution is 4.65. The highest BCUT2D eigenvalue weighted by Crippen LogP contribution is 2.09. The van der Waals surface area contributed by atoms with Crippen LogP contribution in [0.3, 0.4) is 0 Å². The number of nitrogens with zero attached hydrogens (tertiary/aromatic N) is 1. The number of hydrogen-bond donors (Lipinski definition) is 1. The van der Waals surface area contributed by atoms with Crippen LogP contribution >= 0.6 is 0 Å². The van der Waals surface area contributed by atoms with E-state index in [1.54, 1.807) is 0 Å². The van der Waals surface area contributed by atoms with Gasteiger partial charge in [-0.05, 0) is 13.8 Å². The topological polar surface area (TPSA) is 32.7 Å². The normalized spacial score (nSPS) is 30.0. The van der Waals surface area contributed by atoms with Crippen LogP contribution in [0.4, 0.5) is 0 Å². The third-order valence-electron chi connectivity index (χ3n) is 1.56. The number of ether oxygens (including phenoxy) is 1. The molecule has 9 heavy (non-hydrogen) atoms. The first kappa shape index (κ1) is 6.99. The molecule has 1 heterocycles. The Morgan fingerprint density at radius 2 is 2.33 bits per heavy atom.